The molecule has 0 amide bonds. The molecule has 2 heteroatoms. The molecule has 220 valence electrons. The van der Waals surface area contributed by atoms with Crippen molar-refractivity contribution in [3.63, 3.8) is 0 Å². The van der Waals surface area contributed by atoms with Gasteiger partial charge in [-0.15, -0.1) is 0 Å². The molecule has 0 atom stereocenters. The Morgan fingerprint density at radius 3 is 1.40 bits per heavy atom. The van der Waals surface area contributed by atoms with Crippen molar-refractivity contribution in [1.82, 2.24) is 4.98 Å². The zero-order valence-corrected chi connectivity index (χ0v) is 25.7. The predicted octanol–water partition coefficient (Wildman–Crippen LogP) is 12.5. The first-order valence-electron chi connectivity index (χ1n) is 16.0. The van der Waals surface area contributed by atoms with Gasteiger partial charge in [-0.1, -0.05) is 133 Å². The Balaban J connectivity index is 1.22. The van der Waals surface area contributed by atoms with Crippen molar-refractivity contribution in [1.29, 1.82) is 0 Å². The second-order valence-corrected chi connectivity index (χ2v) is 12.0. The van der Waals surface area contributed by atoms with Crippen LogP contribution in [0.3, 0.4) is 0 Å². The van der Waals surface area contributed by atoms with E-state index in [0.717, 1.165) is 17.2 Å². The molecule has 0 aliphatic rings. The minimum absolute atomic E-state index is 0.881. The average Bonchev–Trinajstić information content (AvgIpc) is 3.14. The Kier molecular flexibility index (Phi) is 6.50. The van der Waals surface area contributed by atoms with Crippen molar-refractivity contribution in [2.24, 2.45) is 0 Å². The summed E-state index contributed by atoms with van der Waals surface area (Å²) in [5.41, 5.74) is 7.09. The number of aromatic nitrogens is 1. The van der Waals surface area contributed by atoms with E-state index in [1.165, 1.54) is 65.3 Å². The fourth-order valence-electron chi connectivity index (χ4n) is 7.09. The Labute approximate surface area is 273 Å². The standard InChI is InChI=1S/C45H30N2/c1-3-13-34-29-36(21-20-31(34)11-1)45-41-17-7-5-15-39(41)44(40-16-6-8-18-42(40)45)33-23-25-37(26-24-33)47(43-19-9-10-28-46-43)38-27-22-32-12-2-4-14-35(32)30-38/h1-30H. The maximum Gasteiger partial charge on any atom is 0.137 e. The molecular formula is C45H30N2. The van der Waals surface area contributed by atoms with Gasteiger partial charge in [-0.25, -0.2) is 4.98 Å². The van der Waals surface area contributed by atoms with Gasteiger partial charge in [0.25, 0.3) is 0 Å². The molecule has 0 aliphatic carbocycles. The number of hydrogen-bond acceptors (Lipinski definition) is 2. The Hall–Kier alpha value is -6.25. The van der Waals surface area contributed by atoms with E-state index in [9.17, 15) is 0 Å². The first-order chi connectivity index (χ1) is 23.3. The number of fused-ring (bicyclic) bond motifs is 4. The molecule has 0 saturated carbocycles. The lowest BCUT2D eigenvalue weighted by Crippen LogP contribution is -2.11. The third kappa shape index (κ3) is 4.70. The number of rotatable bonds is 5. The first-order valence-corrected chi connectivity index (χ1v) is 16.0. The van der Waals surface area contributed by atoms with Crippen LogP contribution >= 0.6 is 0 Å². The quantitative estimate of drug-likeness (QED) is 0.183. The van der Waals surface area contributed by atoms with Gasteiger partial charge in [-0.2, -0.15) is 0 Å². The summed E-state index contributed by atoms with van der Waals surface area (Å²) < 4.78 is 0. The van der Waals surface area contributed by atoms with E-state index >= 15 is 0 Å². The van der Waals surface area contributed by atoms with Crippen molar-refractivity contribution in [2.45, 2.75) is 0 Å². The number of nitrogens with zero attached hydrogens (tertiary/aromatic N) is 2. The summed E-state index contributed by atoms with van der Waals surface area (Å²) in [6.07, 6.45) is 1.85. The van der Waals surface area contributed by atoms with Crippen molar-refractivity contribution in [3.8, 4) is 22.3 Å². The molecule has 9 aromatic rings. The lowest BCUT2D eigenvalue weighted by molar-refractivity contribution is 1.18. The molecule has 0 N–H and O–H groups in total. The summed E-state index contributed by atoms with van der Waals surface area (Å²) in [6, 6.07) is 63.3. The van der Waals surface area contributed by atoms with Crippen LogP contribution in [0.15, 0.2) is 182 Å². The minimum Gasteiger partial charge on any atom is -0.295 e. The molecule has 0 saturated heterocycles. The van der Waals surface area contributed by atoms with Crippen LogP contribution in [0.1, 0.15) is 0 Å². The molecule has 9 rings (SSSR count). The molecule has 1 aromatic heterocycles. The second kappa shape index (κ2) is 11.3. The predicted molar refractivity (Wildman–Crippen MR) is 200 cm³/mol. The van der Waals surface area contributed by atoms with Crippen LogP contribution in [0, 0.1) is 0 Å². The van der Waals surface area contributed by atoms with E-state index in [0.29, 0.717) is 0 Å². The molecule has 8 aromatic carbocycles. The molecule has 2 nitrogen and oxygen atoms in total. The summed E-state index contributed by atoms with van der Waals surface area (Å²) in [5.74, 6) is 0.881. The van der Waals surface area contributed by atoms with E-state index in [4.69, 9.17) is 4.98 Å². The van der Waals surface area contributed by atoms with E-state index in [1.807, 2.05) is 18.3 Å². The Morgan fingerprint density at radius 2 is 0.809 bits per heavy atom. The molecule has 1 heterocycles. The van der Waals surface area contributed by atoms with E-state index in [1.54, 1.807) is 0 Å². The average molecular weight is 599 g/mol. The van der Waals surface area contributed by atoms with Gasteiger partial charge in [-0.3, -0.25) is 4.90 Å². The van der Waals surface area contributed by atoms with Gasteiger partial charge >= 0.3 is 0 Å². The maximum absolute atomic E-state index is 4.76. The van der Waals surface area contributed by atoms with Gasteiger partial charge in [0.2, 0.25) is 0 Å². The molecule has 0 radical (unpaired) electrons. The largest absolute Gasteiger partial charge is 0.295 e. The summed E-state index contributed by atoms with van der Waals surface area (Å²) in [5, 5.41) is 9.94. The number of benzene rings is 8. The van der Waals surface area contributed by atoms with Gasteiger partial charge in [0, 0.05) is 17.6 Å². The minimum atomic E-state index is 0.881. The third-order valence-electron chi connectivity index (χ3n) is 9.25. The van der Waals surface area contributed by atoms with Gasteiger partial charge < -0.3 is 0 Å². The molecule has 0 aliphatic heterocycles. The van der Waals surface area contributed by atoms with E-state index in [2.05, 4.69) is 169 Å². The van der Waals surface area contributed by atoms with Gasteiger partial charge in [0.15, 0.2) is 0 Å². The van der Waals surface area contributed by atoms with Crippen LogP contribution in [0.4, 0.5) is 17.2 Å². The lowest BCUT2D eigenvalue weighted by atomic mass is 9.85. The molecular weight excluding hydrogens is 569 g/mol. The third-order valence-corrected chi connectivity index (χ3v) is 9.25. The number of hydrogen-bond donors (Lipinski definition) is 0. The summed E-state index contributed by atoms with van der Waals surface area (Å²) in [6.45, 7) is 0. The first kappa shape index (κ1) is 27.1. The Morgan fingerprint density at radius 1 is 0.340 bits per heavy atom. The Bertz CT molecular complexity index is 2510. The smallest absolute Gasteiger partial charge is 0.137 e. The normalized spacial score (nSPS) is 11.4. The van der Waals surface area contributed by atoms with E-state index in [-0.39, 0.29) is 0 Å². The maximum atomic E-state index is 4.76. The summed E-state index contributed by atoms with van der Waals surface area (Å²) in [4.78, 5) is 6.99. The topological polar surface area (TPSA) is 16.1 Å². The molecule has 47 heavy (non-hydrogen) atoms. The molecule has 0 unspecified atom stereocenters. The SMILES string of the molecule is c1ccc(N(c2ccc(-c3c4ccccc4c(-c4ccc5ccccc5c4)c4ccccc34)cc2)c2ccc3ccccc3c2)nc1. The van der Waals surface area contributed by atoms with Crippen LogP contribution < -0.4 is 4.90 Å². The van der Waals surface area contributed by atoms with Gasteiger partial charge in [0.05, 0.1) is 0 Å². The number of pyridine rings is 1. The molecule has 0 fully saturated rings. The van der Waals surface area contributed by atoms with Crippen molar-refractivity contribution in [3.05, 3.63) is 182 Å². The fraction of sp³-hybridized carbons (Fsp3) is 0. The molecule has 0 bridgehead atoms. The van der Waals surface area contributed by atoms with Crippen molar-refractivity contribution >= 4 is 60.3 Å². The zero-order valence-electron chi connectivity index (χ0n) is 25.7. The highest BCUT2D eigenvalue weighted by Crippen LogP contribution is 2.45. The monoisotopic (exact) mass is 598 g/mol. The summed E-state index contributed by atoms with van der Waals surface area (Å²) in [7, 11) is 0. The van der Waals surface area contributed by atoms with Crippen LogP contribution in [-0.4, -0.2) is 4.98 Å². The highest BCUT2D eigenvalue weighted by atomic mass is 15.2. The second-order valence-electron chi connectivity index (χ2n) is 12.0. The number of anilines is 3. The van der Waals surface area contributed by atoms with Crippen molar-refractivity contribution in [2.75, 3.05) is 4.90 Å². The van der Waals surface area contributed by atoms with Gasteiger partial charge in [-0.05, 0) is 108 Å². The van der Waals surface area contributed by atoms with Crippen LogP contribution in [0.2, 0.25) is 0 Å². The van der Waals surface area contributed by atoms with Crippen LogP contribution in [0.5, 0.6) is 0 Å². The van der Waals surface area contributed by atoms with Gasteiger partial charge in [0.1, 0.15) is 5.82 Å². The summed E-state index contributed by atoms with van der Waals surface area (Å²) >= 11 is 0. The highest BCUT2D eigenvalue weighted by molar-refractivity contribution is 6.21. The van der Waals surface area contributed by atoms with Crippen LogP contribution in [0.25, 0.3) is 65.3 Å². The van der Waals surface area contributed by atoms with E-state index < -0.39 is 0 Å². The van der Waals surface area contributed by atoms with Crippen molar-refractivity contribution < 1.29 is 0 Å². The highest BCUT2D eigenvalue weighted by Gasteiger charge is 2.18. The molecule has 0 spiro atoms. The lowest BCUT2D eigenvalue weighted by Gasteiger charge is -2.25. The zero-order chi connectivity index (χ0) is 31.2. The fourth-order valence-corrected chi connectivity index (χ4v) is 7.09. The van der Waals surface area contributed by atoms with Crippen LogP contribution in [-0.2, 0) is 0 Å².